The first-order valence-corrected chi connectivity index (χ1v) is 8.37. The van der Waals surface area contributed by atoms with E-state index in [4.69, 9.17) is 9.47 Å². The molecule has 3 rings (SSSR count). The molecule has 0 spiro atoms. The van der Waals surface area contributed by atoms with Crippen molar-refractivity contribution in [1.29, 1.82) is 0 Å². The zero-order chi connectivity index (χ0) is 16.8. The van der Waals surface area contributed by atoms with E-state index < -0.39 is 0 Å². The standard InChI is InChI=1S/C20H23NO3/c1-23-17-7-9-18(10-8-17)24-19-11-13-21(14-12-19)20(22)15-16-5-3-2-4-6-16/h2-10,19H,11-15H2,1H3. The highest BCUT2D eigenvalue weighted by atomic mass is 16.5. The highest BCUT2D eigenvalue weighted by Gasteiger charge is 2.23. The minimum atomic E-state index is 0.166. The van der Waals surface area contributed by atoms with Crippen molar-refractivity contribution in [3.05, 3.63) is 60.2 Å². The van der Waals surface area contributed by atoms with Gasteiger partial charge < -0.3 is 14.4 Å². The summed E-state index contributed by atoms with van der Waals surface area (Å²) in [6, 6.07) is 17.5. The fourth-order valence-electron chi connectivity index (χ4n) is 2.95. The number of methoxy groups -OCH3 is 1. The highest BCUT2D eigenvalue weighted by Crippen LogP contribution is 2.22. The lowest BCUT2D eigenvalue weighted by molar-refractivity contribution is -0.132. The van der Waals surface area contributed by atoms with E-state index >= 15 is 0 Å². The number of nitrogens with zero attached hydrogens (tertiary/aromatic N) is 1. The molecule has 0 atom stereocenters. The lowest BCUT2D eigenvalue weighted by atomic mass is 10.1. The summed E-state index contributed by atoms with van der Waals surface area (Å²) in [5.74, 6) is 1.87. The van der Waals surface area contributed by atoms with E-state index in [9.17, 15) is 4.79 Å². The van der Waals surface area contributed by atoms with E-state index in [1.165, 1.54) is 0 Å². The summed E-state index contributed by atoms with van der Waals surface area (Å²) < 4.78 is 11.2. The van der Waals surface area contributed by atoms with Gasteiger partial charge in [-0.05, 0) is 29.8 Å². The molecule has 2 aromatic carbocycles. The molecule has 1 heterocycles. The van der Waals surface area contributed by atoms with Crippen LogP contribution in [-0.4, -0.2) is 37.1 Å². The zero-order valence-electron chi connectivity index (χ0n) is 14.0. The van der Waals surface area contributed by atoms with Crippen LogP contribution in [0.5, 0.6) is 11.5 Å². The number of benzene rings is 2. The Morgan fingerprint density at radius 3 is 2.25 bits per heavy atom. The molecule has 0 bridgehead atoms. The Balaban J connectivity index is 1.47. The summed E-state index contributed by atoms with van der Waals surface area (Å²) in [7, 11) is 1.65. The van der Waals surface area contributed by atoms with Crippen LogP contribution >= 0.6 is 0 Å². The second-order valence-electron chi connectivity index (χ2n) is 6.04. The van der Waals surface area contributed by atoms with Gasteiger partial charge in [0.1, 0.15) is 17.6 Å². The average Bonchev–Trinajstić information content (AvgIpc) is 2.64. The van der Waals surface area contributed by atoms with Crippen LogP contribution in [0.2, 0.25) is 0 Å². The quantitative estimate of drug-likeness (QED) is 0.846. The molecule has 4 heteroatoms. The maximum atomic E-state index is 12.4. The third kappa shape index (κ3) is 4.28. The molecule has 0 saturated carbocycles. The lowest BCUT2D eigenvalue weighted by Gasteiger charge is -2.32. The first-order chi connectivity index (χ1) is 11.7. The van der Waals surface area contributed by atoms with Crippen molar-refractivity contribution < 1.29 is 14.3 Å². The number of hydrogen-bond donors (Lipinski definition) is 0. The lowest BCUT2D eigenvalue weighted by Crippen LogP contribution is -2.42. The number of amides is 1. The summed E-state index contributed by atoms with van der Waals surface area (Å²) in [6.45, 7) is 1.51. The molecule has 1 amide bonds. The molecule has 1 aliphatic rings. The molecule has 0 N–H and O–H groups in total. The van der Waals surface area contributed by atoms with Gasteiger partial charge in [-0.3, -0.25) is 4.79 Å². The van der Waals surface area contributed by atoms with Crippen LogP contribution in [0.3, 0.4) is 0 Å². The van der Waals surface area contributed by atoms with E-state index in [-0.39, 0.29) is 12.0 Å². The first-order valence-electron chi connectivity index (χ1n) is 8.37. The van der Waals surface area contributed by atoms with Crippen LogP contribution in [-0.2, 0) is 11.2 Å². The van der Waals surface area contributed by atoms with Gasteiger partial charge in [0.15, 0.2) is 0 Å². The maximum Gasteiger partial charge on any atom is 0.226 e. The number of piperidine rings is 1. The largest absolute Gasteiger partial charge is 0.497 e. The number of ether oxygens (including phenoxy) is 2. The van der Waals surface area contributed by atoms with Gasteiger partial charge in [0, 0.05) is 25.9 Å². The molecule has 4 nitrogen and oxygen atoms in total. The molecule has 24 heavy (non-hydrogen) atoms. The van der Waals surface area contributed by atoms with E-state index in [2.05, 4.69) is 0 Å². The van der Waals surface area contributed by atoms with Crippen LogP contribution in [0.4, 0.5) is 0 Å². The first kappa shape index (κ1) is 16.4. The molecule has 126 valence electrons. The Morgan fingerprint density at radius 1 is 1.00 bits per heavy atom. The van der Waals surface area contributed by atoms with Crippen molar-refractivity contribution in [2.75, 3.05) is 20.2 Å². The van der Waals surface area contributed by atoms with Crippen LogP contribution in [0.15, 0.2) is 54.6 Å². The number of hydrogen-bond acceptors (Lipinski definition) is 3. The number of carbonyl (C=O) groups excluding carboxylic acids is 1. The van der Waals surface area contributed by atoms with Crippen molar-refractivity contribution in [2.24, 2.45) is 0 Å². The molecular formula is C20H23NO3. The normalized spacial score (nSPS) is 15.1. The Labute approximate surface area is 143 Å². The van der Waals surface area contributed by atoms with E-state index in [0.29, 0.717) is 6.42 Å². The van der Waals surface area contributed by atoms with Gasteiger partial charge in [-0.15, -0.1) is 0 Å². The second-order valence-corrected chi connectivity index (χ2v) is 6.04. The highest BCUT2D eigenvalue weighted by molar-refractivity contribution is 5.78. The average molecular weight is 325 g/mol. The summed E-state index contributed by atoms with van der Waals surface area (Å²) in [5, 5.41) is 0. The molecule has 1 aliphatic heterocycles. The van der Waals surface area contributed by atoms with Crippen molar-refractivity contribution in [1.82, 2.24) is 4.90 Å². The van der Waals surface area contributed by atoms with Crippen LogP contribution in [0.1, 0.15) is 18.4 Å². The predicted molar refractivity (Wildman–Crippen MR) is 93.4 cm³/mol. The van der Waals surface area contributed by atoms with Crippen molar-refractivity contribution in [3.63, 3.8) is 0 Å². The maximum absolute atomic E-state index is 12.4. The van der Waals surface area contributed by atoms with Crippen LogP contribution < -0.4 is 9.47 Å². The third-order valence-electron chi connectivity index (χ3n) is 4.36. The summed E-state index contributed by atoms with van der Waals surface area (Å²) >= 11 is 0. The minimum absolute atomic E-state index is 0.166. The van der Waals surface area contributed by atoms with Crippen LogP contribution in [0.25, 0.3) is 0 Å². The molecule has 1 saturated heterocycles. The van der Waals surface area contributed by atoms with E-state index in [1.807, 2.05) is 59.5 Å². The van der Waals surface area contributed by atoms with Crippen molar-refractivity contribution >= 4 is 5.91 Å². The molecule has 0 aromatic heterocycles. The van der Waals surface area contributed by atoms with Gasteiger partial charge in [-0.2, -0.15) is 0 Å². The smallest absolute Gasteiger partial charge is 0.226 e. The van der Waals surface area contributed by atoms with Gasteiger partial charge in [0.05, 0.1) is 13.5 Å². The Bertz CT molecular complexity index is 646. The molecule has 0 radical (unpaired) electrons. The zero-order valence-corrected chi connectivity index (χ0v) is 14.0. The van der Waals surface area contributed by atoms with Crippen molar-refractivity contribution in [2.45, 2.75) is 25.4 Å². The Morgan fingerprint density at radius 2 is 1.62 bits per heavy atom. The number of carbonyl (C=O) groups is 1. The van der Waals surface area contributed by atoms with Gasteiger partial charge >= 0.3 is 0 Å². The summed E-state index contributed by atoms with van der Waals surface area (Å²) in [6.07, 6.45) is 2.38. The van der Waals surface area contributed by atoms with Gasteiger partial charge in [-0.1, -0.05) is 30.3 Å². The molecule has 0 aliphatic carbocycles. The molecule has 1 fully saturated rings. The SMILES string of the molecule is COc1ccc(OC2CCN(C(=O)Cc3ccccc3)CC2)cc1. The third-order valence-corrected chi connectivity index (χ3v) is 4.36. The topological polar surface area (TPSA) is 38.8 Å². The van der Waals surface area contributed by atoms with E-state index in [1.54, 1.807) is 7.11 Å². The molecular weight excluding hydrogens is 302 g/mol. The Kier molecular flexibility index (Phi) is 5.36. The number of rotatable bonds is 5. The summed E-state index contributed by atoms with van der Waals surface area (Å²) in [5.41, 5.74) is 1.07. The second kappa shape index (κ2) is 7.86. The fraction of sp³-hybridized carbons (Fsp3) is 0.350. The van der Waals surface area contributed by atoms with Crippen LogP contribution in [0, 0.1) is 0 Å². The Hall–Kier alpha value is -2.49. The fourth-order valence-corrected chi connectivity index (χ4v) is 2.95. The minimum Gasteiger partial charge on any atom is -0.497 e. The number of likely N-dealkylation sites (tertiary alicyclic amines) is 1. The van der Waals surface area contributed by atoms with Gasteiger partial charge in [0.25, 0.3) is 0 Å². The molecule has 0 unspecified atom stereocenters. The van der Waals surface area contributed by atoms with Gasteiger partial charge in [-0.25, -0.2) is 0 Å². The molecule has 2 aromatic rings. The van der Waals surface area contributed by atoms with Crippen molar-refractivity contribution in [3.8, 4) is 11.5 Å². The van der Waals surface area contributed by atoms with Gasteiger partial charge in [0.2, 0.25) is 5.91 Å². The van der Waals surface area contributed by atoms with E-state index in [0.717, 1.165) is 43.0 Å². The monoisotopic (exact) mass is 325 g/mol. The predicted octanol–water partition coefficient (Wildman–Crippen LogP) is 3.31. The summed E-state index contributed by atoms with van der Waals surface area (Å²) in [4.78, 5) is 14.3.